The zero-order valence-electron chi connectivity index (χ0n) is 10.5. The van der Waals surface area contributed by atoms with E-state index in [4.69, 9.17) is 4.74 Å². The summed E-state index contributed by atoms with van der Waals surface area (Å²) in [5.41, 5.74) is 0. The lowest BCUT2D eigenvalue weighted by Crippen LogP contribution is -2.45. The average molecular weight is 274 g/mol. The first-order chi connectivity index (χ1) is 8.50. The lowest BCUT2D eigenvalue weighted by molar-refractivity contribution is 0.0206. The van der Waals surface area contributed by atoms with Crippen molar-refractivity contribution in [1.82, 2.24) is 19.2 Å². The molecular weight excluding hydrogens is 256 g/mol. The van der Waals surface area contributed by atoms with E-state index in [0.717, 1.165) is 6.54 Å². The van der Waals surface area contributed by atoms with E-state index in [9.17, 15) is 8.42 Å². The number of imidazole rings is 1. The highest BCUT2D eigenvalue weighted by Gasteiger charge is 2.26. The topological polar surface area (TPSA) is 76.5 Å². The molecule has 1 aromatic rings. The van der Waals surface area contributed by atoms with Crippen molar-refractivity contribution in [2.45, 2.75) is 11.1 Å². The number of morpholine rings is 1. The number of nitrogens with one attached hydrogen (secondary N) is 1. The number of hydrogen-bond donors (Lipinski definition) is 1. The van der Waals surface area contributed by atoms with Crippen molar-refractivity contribution in [1.29, 1.82) is 0 Å². The number of ether oxygens (including phenoxy) is 1. The van der Waals surface area contributed by atoms with Crippen LogP contribution in [0.2, 0.25) is 0 Å². The van der Waals surface area contributed by atoms with Crippen LogP contribution in [-0.4, -0.2) is 61.7 Å². The Morgan fingerprint density at radius 2 is 2.44 bits per heavy atom. The van der Waals surface area contributed by atoms with E-state index in [1.807, 2.05) is 0 Å². The van der Waals surface area contributed by atoms with E-state index in [0.29, 0.717) is 19.7 Å². The molecule has 1 atom stereocenters. The van der Waals surface area contributed by atoms with Crippen molar-refractivity contribution in [2.75, 3.05) is 33.3 Å². The second-order valence-electron chi connectivity index (χ2n) is 4.36. The fourth-order valence-electron chi connectivity index (χ4n) is 1.80. The standard InChI is InChI=1S/C10H18N4O3S/c1-13-7-10(12-8-13)18(15,16)14(2)6-9-5-11-3-4-17-9/h7-9,11H,3-6H2,1-2H3. The largest absolute Gasteiger partial charge is 0.374 e. The maximum atomic E-state index is 12.2. The molecule has 1 saturated heterocycles. The number of likely N-dealkylation sites (N-methyl/N-ethyl adjacent to an activating group) is 1. The van der Waals surface area contributed by atoms with Gasteiger partial charge in [-0.2, -0.15) is 4.31 Å². The molecule has 1 N–H and O–H groups in total. The van der Waals surface area contributed by atoms with E-state index < -0.39 is 10.0 Å². The predicted octanol–water partition coefficient (Wildman–Crippen LogP) is -0.971. The zero-order chi connectivity index (χ0) is 13.2. The maximum Gasteiger partial charge on any atom is 0.261 e. The van der Waals surface area contributed by atoms with Gasteiger partial charge in [-0.3, -0.25) is 0 Å². The molecule has 0 aliphatic carbocycles. The SMILES string of the molecule is CN(CC1CNCCO1)S(=O)(=O)c1cn(C)cn1. The third-order valence-corrected chi connectivity index (χ3v) is 4.53. The summed E-state index contributed by atoms with van der Waals surface area (Å²) >= 11 is 0. The van der Waals surface area contributed by atoms with Crippen molar-refractivity contribution >= 4 is 10.0 Å². The van der Waals surface area contributed by atoms with Gasteiger partial charge < -0.3 is 14.6 Å². The van der Waals surface area contributed by atoms with Crippen LogP contribution in [0.25, 0.3) is 0 Å². The summed E-state index contributed by atoms with van der Waals surface area (Å²) in [6, 6.07) is 0. The summed E-state index contributed by atoms with van der Waals surface area (Å²) in [5.74, 6) is 0. The third-order valence-electron chi connectivity index (χ3n) is 2.82. The molecule has 0 amide bonds. The molecule has 2 rings (SSSR count). The highest BCUT2D eigenvalue weighted by molar-refractivity contribution is 7.89. The van der Waals surface area contributed by atoms with Crippen LogP contribution in [0, 0.1) is 0 Å². The second-order valence-corrected chi connectivity index (χ2v) is 6.35. The molecule has 0 bridgehead atoms. The van der Waals surface area contributed by atoms with Gasteiger partial charge in [-0.05, 0) is 0 Å². The monoisotopic (exact) mass is 274 g/mol. The van der Waals surface area contributed by atoms with Gasteiger partial charge in [0.1, 0.15) is 0 Å². The smallest absolute Gasteiger partial charge is 0.261 e. The van der Waals surface area contributed by atoms with Crippen molar-refractivity contribution in [2.24, 2.45) is 7.05 Å². The molecule has 1 aliphatic rings. The molecule has 18 heavy (non-hydrogen) atoms. The molecule has 2 heterocycles. The maximum absolute atomic E-state index is 12.2. The highest BCUT2D eigenvalue weighted by Crippen LogP contribution is 2.12. The Kier molecular flexibility index (Phi) is 4.00. The van der Waals surface area contributed by atoms with Crippen LogP contribution in [-0.2, 0) is 21.8 Å². The Hall–Kier alpha value is -0.960. The van der Waals surface area contributed by atoms with Gasteiger partial charge in [0, 0.05) is 39.9 Å². The highest BCUT2D eigenvalue weighted by atomic mass is 32.2. The summed E-state index contributed by atoms with van der Waals surface area (Å²) in [7, 11) is -0.244. The van der Waals surface area contributed by atoms with Gasteiger partial charge in [-0.15, -0.1) is 0 Å². The molecule has 1 fully saturated rings. The summed E-state index contributed by atoms with van der Waals surface area (Å²) < 4.78 is 32.8. The van der Waals surface area contributed by atoms with Gasteiger partial charge in [0.15, 0.2) is 5.03 Å². The Labute approximate surface area is 107 Å². The fourth-order valence-corrected chi connectivity index (χ4v) is 2.97. The molecule has 0 radical (unpaired) electrons. The van der Waals surface area contributed by atoms with Crippen LogP contribution in [0.3, 0.4) is 0 Å². The van der Waals surface area contributed by atoms with Crippen LogP contribution in [0.15, 0.2) is 17.6 Å². The minimum absolute atomic E-state index is 0.0660. The van der Waals surface area contributed by atoms with Crippen LogP contribution >= 0.6 is 0 Å². The van der Waals surface area contributed by atoms with Crippen molar-refractivity contribution in [3.05, 3.63) is 12.5 Å². The molecule has 0 aromatic carbocycles. The normalized spacial score (nSPS) is 21.4. The average Bonchev–Trinajstić information content (AvgIpc) is 2.78. The minimum atomic E-state index is -3.52. The Morgan fingerprint density at radius 1 is 1.67 bits per heavy atom. The molecule has 8 heteroatoms. The van der Waals surface area contributed by atoms with Crippen LogP contribution < -0.4 is 5.32 Å². The number of aromatic nitrogens is 2. The lowest BCUT2D eigenvalue weighted by atomic mass is 10.3. The van der Waals surface area contributed by atoms with Crippen LogP contribution in [0.4, 0.5) is 0 Å². The summed E-state index contributed by atoms with van der Waals surface area (Å²) in [6.45, 7) is 2.42. The molecule has 0 saturated carbocycles. The van der Waals surface area contributed by atoms with Gasteiger partial charge in [0.05, 0.1) is 19.0 Å². The van der Waals surface area contributed by atoms with E-state index >= 15 is 0 Å². The van der Waals surface area contributed by atoms with E-state index in [1.54, 1.807) is 18.7 Å². The summed E-state index contributed by atoms with van der Waals surface area (Å²) in [5, 5.41) is 3.24. The van der Waals surface area contributed by atoms with Gasteiger partial charge >= 0.3 is 0 Å². The predicted molar refractivity (Wildman–Crippen MR) is 65.6 cm³/mol. The molecular formula is C10H18N4O3S. The lowest BCUT2D eigenvalue weighted by Gasteiger charge is -2.27. The van der Waals surface area contributed by atoms with Crippen molar-refractivity contribution < 1.29 is 13.2 Å². The van der Waals surface area contributed by atoms with Gasteiger partial charge in [-0.25, -0.2) is 13.4 Å². The number of aryl methyl sites for hydroxylation is 1. The number of sulfonamides is 1. The summed E-state index contributed by atoms with van der Waals surface area (Å²) in [4.78, 5) is 3.88. The number of nitrogens with zero attached hydrogens (tertiary/aromatic N) is 3. The van der Waals surface area contributed by atoms with Gasteiger partial charge in [0.2, 0.25) is 0 Å². The third kappa shape index (κ3) is 2.89. The quantitative estimate of drug-likeness (QED) is 0.764. The molecule has 102 valence electrons. The molecule has 0 spiro atoms. The van der Waals surface area contributed by atoms with E-state index in [-0.39, 0.29) is 11.1 Å². The first-order valence-electron chi connectivity index (χ1n) is 5.77. The molecule has 1 aromatic heterocycles. The van der Waals surface area contributed by atoms with Crippen LogP contribution in [0.1, 0.15) is 0 Å². The first kappa shape index (κ1) is 13.5. The zero-order valence-corrected chi connectivity index (χ0v) is 11.4. The Balaban J connectivity index is 2.05. The fraction of sp³-hybridized carbons (Fsp3) is 0.700. The number of hydrogen-bond acceptors (Lipinski definition) is 5. The first-order valence-corrected chi connectivity index (χ1v) is 7.21. The molecule has 1 unspecified atom stereocenters. The van der Waals surface area contributed by atoms with Gasteiger partial charge in [-0.1, -0.05) is 0 Å². The Bertz CT molecular complexity index is 493. The second kappa shape index (κ2) is 5.35. The van der Waals surface area contributed by atoms with Gasteiger partial charge in [0.25, 0.3) is 10.0 Å². The van der Waals surface area contributed by atoms with Crippen molar-refractivity contribution in [3.63, 3.8) is 0 Å². The number of rotatable bonds is 4. The summed E-state index contributed by atoms with van der Waals surface area (Å²) in [6.07, 6.45) is 2.85. The van der Waals surface area contributed by atoms with E-state index in [1.165, 1.54) is 16.8 Å². The molecule has 7 nitrogen and oxygen atoms in total. The van der Waals surface area contributed by atoms with E-state index in [2.05, 4.69) is 10.3 Å². The van der Waals surface area contributed by atoms with Crippen LogP contribution in [0.5, 0.6) is 0 Å². The Morgan fingerprint density at radius 3 is 3.00 bits per heavy atom. The minimum Gasteiger partial charge on any atom is -0.374 e. The molecule has 1 aliphatic heterocycles. The van der Waals surface area contributed by atoms with Crippen molar-refractivity contribution in [3.8, 4) is 0 Å².